The highest BCUT2D eigenvalue weighted by atomic mass is 79.9. The first-order valence-corrected chi connectivity index (χ1v) is 8.04. The van der Waals surface area contributed by atoms with Crippen molar-refractivity contribution in [1.82, 2.24) is 9.97 Å². The van der Waals surface area contributed by atoms with Crippen LogP contribution in [0.2, 0.25) is 0 Å². The van der Waals surface area contributed by atoms with Gasteiger partial charge in [0.15, 0.2) is 0 Å². The topological polar surface area (TPSA) is 96.8 Å². The van der Waals surface area contributed by atoms with Crippen molar-refractivity contribution in [3.8, 4) is 11.8 Å². The van der Waals surface area contributed by atoms with Crippen LogP contribution in [0.1, 0.15) is 26.3 Å². The highest BCUT2D eigenvalue weighted by Crippen LogP contribution is 2.20. The molecule has 2 aromatic rings. The molecule has 0 aliphatic carbocycles. The minimum Gasteiger partial charge on any atom is -0.480 e. The van der Waals surface area contributed by atoms with Gasteiger partial charge >= 0.3 is 11.9 Å². The molecule has 0 atom stereocenters. The molecular weight excluding hydrogens is 408 g/mol. The van der Waals surface area contributed by atoms with E-state index in [4.69, 9.17) is 9.47 Å². The third-order valence-corrected chi connectivity index (χ3v) is 3.44. The molecule has 2 aromatic heterocycles. The Morgan fingerprint density at radius 1 is 0.846 bits per heavy atom. The number of hydrogen-bond donors (Lipinski definition) is 0. The Kier molecular flexibility index (Phi) is 8.50. The molecule has 0 saturated heterocycles. The van der Waals surface area contributed by atoms with Crippen LogP contribution in [0.3, 0.4) is 0 Å². The Balaban J connectivity index is 0.000000260. The van der Waals surface area contributed by atoms with Gasteiger partial charge in [0.2, 0.25) is 11.8 Å². The minimum atomic E-state index is -0.467. The molecule has 0 radical (unpaired) electrons. The Morgan fingerprint density at radius 3 is 1.77 bits per heavy atom. The quantitative estimate of drug-likeness (QED) is 0.688. The van der Waals surface area contributed by atoms with E-state index in [0.717, 1.165) is 5.56 Å². The summed E-state index contributed by atoms with van der Waals surface area (Å²) in [6, 6.07) is 3.27. The van der Waals surface area contributed by atoms with Gasteiger partial charge in [-0.2, -0.15) is 0 Å². The number of halogens is 1. The summed E-state index contributed by atoms with van der Waals surface area (Å²) in [5, 5.41) is 0. The number of hydrogen-bond acceptors (Lipinski definition) is 8. The van der Waals surface area contributed by atoms with E-state index >= 15 is 0 Å². The van der Waals surface area contributed by atoms with Crippen LogP contribution >= 0.6 is 15.9 Å². The summed E-state index contributed by atoms with van der Waals surface area (Å²) < 4.78 is 19.6. The lowest BCUT2D eigenvalue weighted by Crippen LogP contribution is -2.05. The fraction of sp³-hybridized carbons (Fsp3) is 0.294. The smallest absolute Gasteiger partial charge is 0.343 e. The number of nitrogens with zero attached hydrogens (tertiary/aromatic N) is 2. The Bertz CT molecular complexity index is 716. The Morgan fingerprint density at radius 2 is 1.31 bits per heavy atom. The van der Waals surface area contributed by atoms with Gasteiger partial charge in [-0.3, -0.25) is 0 Å². The molecule has 0 spiro atoms. The molecule has 26 heavy (non-hydrogen) atoms. The summed E-state index contributed by atoms with van der Waals surface area (Å²) >= 11 is 3.20. The monoisotopic (exact) mass is 426 g/mol. The summed E-state index contributed by atoms with van der Waals surface area (Å²) in [6.07, 6.45) is 3.18. The van der Waals surface area contributed by atoms with E-state index in [0.29, 0.717) is 15.6 Å². The number of methoxy groups -OCH3 is 4. The van der Waals surface area contributed by atoms with Crippen molar-refractivity contribution in [3.63, 3.8) is 0 Å². The highest BCUT2D eigenvalue weighted by Gasteiger charge is 2.14. The van der Waals surface area contributed by atoms with Crippen molar-refractivity contribution in [2.24, 2.45) is 0 Å². The van der Waals surface area contributed by atoms with E-state index in [2.05, 4.69) is 35.4 Å². The van der Waals surface area contributed by atoms with Crippen LogP contribution in [-0.2, 0) is 9.47 Å². The normalized spacial score (nSPS) is 9.46. The second-order valence-electron chi connectivity index (χ2n) is 4.76. The van der Waals surface area contributed by atoms with Gasteiger partial charge in [0.1, 0.15) is 11.1 Å². The average molecular weight is 427 g/mol. The van der Waals surface area contributed by atoms with E-state index in [9.17, 15) is 9.59 Å². The second-order valence-corrected chi connectivity index (χ2v) is 5.68. The second kappa shape index (κ2) is 10.3. The van der Waals surface area contributed by atoms with Gasteiger partial charge in [0.25, 0.3) is 0 Å². The fourth-order valence-corrected chi connectivity index (χ4v) is 2.15. The third kappa shape index (κ3) is 5.69. The van der Waals surface area contributed by atoms with Crippen LogP contribution in [0.5, 0.6) is 11.8 Å². The van der Waals surface area contributed by atoms with Gasteiger partial charge in [-0.25, -0.2) is 19.6 Å². The first-order chi connectivity index (χ1) is 12.4. The molecule has 0 aromatic carbocycles. The maximum atomic E-state index is 11.2. The van der Waals surface area contributed by atoms with Crippen LogP contribution in [0.4, 0.5) is 0 Å². The third-order valence-electron chi connectivity index (χ3n) is 3.00. The van der Waals surface area contributed by atoms with E-state index in [1.54, 1.807) is 24.5 Å². The van der Waals surface area contributed by atoms with Crippen molar-refractivity contribution in [3.05, 3.63) is 45.7 Å². The maximum absolute atomic E-state index is 11.2. The zero-order valence-electron chi connectivity index (χ0n) is 15.0. The van der Waals surface area contributed by atoms with Gasteiger partial charge in [-0.15, -0.1) is 0 Å². The van der Waals surface area contributed by atoms with Crippen molar-refractivity contribution in [2.75, 3.05) is 28.4 Å². The molecule has 2 rings (SSSR count). The maximum Gasteiger partial charge on any atom is 0.343 e. The number of esters is 2. The Hall–Kier alpha value is -2.68. The summed E-state index contributed by atoms with van der Waals surface area (Å²) in [4.78, 5) is 30.2. The largest absolute Gasteiger partial charge is 0.480 e. The molecule has 140 valence electrons. The van der Waals surface area contributed by atoms with Crippen molar-refractivity contribution in [2.45, 2.75) is 6.92 Å². The predicted octanol–water partition coefficient (Wildman–Crippen LogP) is 2.82. The predicted molar refractivity (Wildman–Crippen MR) is 96.7 cm³/mol. The van der Waals surface area contributed by atoms with Gasteiger partial charge in [-0.05, 0) is 40.5 Å². The lowest BCUT2D eigenvalue weighted by molar-refractivity contribution is 0.0587. The summed E-state index contributed by atoms with van der Waals surface area (Å²) in [7, 11) is 5.54. The molecule has 0 amide bonds. The molecule has 8 nitrogen and oxygen atoms in total. The number of aryl methyl sites for hydroxylation is 1. The molecule has 0 saturated carbocycles. The number of pyridine rings is 2. The molecule has 0 fully saturated rings. The number of ether oxygens (including phenoxy) is 4. The van der Waals surface area contributed by atoms with E-state index in [-0.39, 0.29) is 11.8 Å². The summed E-state index contributed by atoms with van der Waals surface area (Å²) in [5.74, 6) is -0.355. The van der Waals surface area contributed by atoms with Crippen molar-refractivity contribution in [1.29, 1.82) is 0 Å². The van der Waals surface area contributed by atoms with Crippen molar-refractivity contribution < 1.29 is 28.5 Å². The average Bonchev–Trinajstić information content (AvgIpc) is 2.67. The van der Waals surface area contributed by atoms with Gasteiger partial charge in [0.05, 0.1) is 28.4 Å². The molecule has 0 unspecified atom stereocenters. The molecule has 0 aliphatic rings. The van der Waals surface area contributed by atoms with E-state index in [1.165, 1.54) is 28.4 Å². The first kappa shape index (κ1) is 21.4. The van der Waals surface area contributed by atoms with E-state index < -0.39 is 11.9 Å². The van der Waals surface area contributed by atoms with Gasteiger partial charge in [0, 0.05) is 16.9 Å². The zero-order chi connectivity index (χ0) is 19.7. The molecule has 0 N–H and O–H groups in total. The fourth-order valence-electron chi connectivity index (χ4n) is 1.82. The molecule has 0 aliphatic heterocycles. The number of aromatic nitrogens is 2. The number of carbonyl (C=O) groups is 2. The molecule has 0 bridgehead atoms. The summed E-state index contributed by atoms with van der Waals surface area (Å²) in [5.41, 5.74) is 1.55. The van der Waals surface area contributed by atoms with Crippen LogP contribution in [0.25, 0.3) is 0 Å². The molecule has 9 heteroatoms. The lowest BCUT2D eigenvalue weighted by atomic mass is 10.2. The van der Waals surface area contributed by atoms with Crippen molar-refractivity contribution >= 4 is 27.9 Å². The van der Waals surface area contributed by atoms with E-state index in [1.807, 2.05) is 6.92 Å². The first-order valence-electron chi connectivity index (χ1n) is 7.24. The number of carbonyl (C=O) groups excluding carboxylic acids is 2. The van der Waals surface area contributed by atoms with Crippen LogP contribution < -0.4 is 9.47 Å². The van der Waals surface area contributed by atoms with Crippen LogP contribution in [0, 0.1) is 6.92 Å². The van der Waals surface area contributed by atoms with Crippen LogP contribution in [0.15, 0.2) is 29.0 Å². The van der Waals surface area contributed by atoms with Gasteiger partial charge < -0.3 is 18.9 Å². The standard InChI is InChI=1S/C9H11NO3.C8H8BrNO3/c1-6-4-7(9(11)13-3)8(12-2)10-5-6;1-12-7-6(8(11)13-2)3-5(9)4-10-7/h4-5H,1-3H3;3-4H,1-2H3. The minimum absolute atomic E-state index is 0.259. The van der Waals surface area contributed by atoms with Crippen LogP contribution in [-0.4, -0.2) is 50.3 Å². The molecular formula is C17H19BrN2O6. The summed E-state index contributed by atoms with van der Waals surface area (Å²) in [6.45, 7) is 1.85. The number of rotatable bonds is 4. The SMILES string of the molecule is COC(=O)c1cc(Br)cnc1OC.COC(=O)c1cc(C)cnc1OC. The molecule has 2 heterocycles. The highest BCUT2D eigenvalue weighted by molar-refractivity contribution is 9.10. The zero-order valence-corrected chi connectivity index (χ0v) is 16.6. The van der Waals surface area contributed by atoms with Gasteiger partial charge in [-0.1, -0.05) is 0 Å². The Labute approximate surface area is 159 Å². The lowest BCUT2D eigenvalue weighted by Gasteiger charge is -2.05.